The molecule has 1 aliphatic rings. The molecule has 0 aliphatic carbocycles. The van der Waals surface area contributed by atoms with E-state index < -0.39 is 0 Å². The van der Waals surface area contributed by atoms with Crippen LogP contribution in [0.1, 0.15) is 23.1 Å². The lowest BCUT2D eigenvalue weighted by atomic mass is 9.91. The zero-order valence-electron chi connectivity index (χ0n) is 18.3. The maximum absolute atomic E-state index is 13.3. The van der Waals surface area contributed by atoms with Crippen molar-refractivity contribution in [2.45, 2.75) is 25.8 Å². The summed E-state index contributed by atoms with van der Waals surface area (Å²) in [4.78, 5) is 18.7. The molecular weight excluding hydrogens is 394 g/mol. The van der Waals surface area contributed by atoms with Crippen molar-refractivity contribution in [1.82, 2.24) is 10.3 Å². The highest BCUT2D eigenvalue weighted by Crippen LogP contribution is 2.30. The molecule has 32 heavy (non-hydrogen) atoms. The molecule has 1 unspecified atom stereocenters. The van der Waals surface area contributed by atoms with Crippen molar-refractivity contribution >= 4 is 22.5 Å². The molecular formula is C28H29N3O. The van der Waals surface area contributed by atoms with E-state index in [-0.39, 0.29) is 5.91 Å². The molecule has 3 aromatic carbocycles. The van der Waals surface area contributed by atoms with Gasteiger partial charge in [-0.2, -0.15) is 0 Å². The molecule has 0 bridgehead atoms. The first-order valence-electron chi connectivity index (χ1n) is 11.5. The van der Waals surface area contributed by atoms with Gasteiger partial charge in [-0.15, -0.1) is 0 Å². The second-order valence-corrected chi connectivity index (χ2v) is 8.68. The Kier molecular flexibility index (Phi) is 6.04. The number of amides is 1. The fraction of sp³-hybridized carbons (Fsp3) is 0.250. The maximum Gasteiger partial charge on any atom is 0.227 e. The van der Waals surface area contributed by atoms with Gasteiger partial charge in [-0.25, -0.2) is 0 Å². The second-order valence-electron chi connectivity index (χ2n) is 8.68. The minimum atomic E-state index is 0.204. The van der Waals surface area contributed by atoms with E-state index in [1.807, 2.05) is 29.3 Å². The first kappa shape index (κ1) is 20.5. The third-order valence-electron chi connectivity index (χ3n) is 6.42. The number of aromatic nitrogens is 1. The SMILES string of the molecule is O=C(CCc1c[nH]c2ccccc12)N1CC(CNCc2ccccc2)Cc2ccccc21. The van der Waals surface area contributed by atoms with Crippen LogP contribution >= 0.6 is 0 Å². The smallest absolute Gasteiger partial charge is 0.227 e. The molecule has 4 aromatic rings. The summed E-state index contributed by atoms with van der Waals surface area (Å²) in [5.74, 6) is 0.612. The molecule has 0 fully saturated rings. The molecule has 4 heteroatoms. The van der Waals surface area contributed by atoms with Crippen LogP contribution in [0.25, 0.3) is 10.9 Å². The van der Waals surface area contributed by atoms with E-state index >= 15 is 0 Å². The van der Waals surface area contributed by atoms with Gasteiger partial charge >= 0.3 is 0 Å². The summed E-state index contributed by atoms with van der Waals surface area (Å²) in [5, 5.41) is 4.80. The third-order valence-corrected chi connectivity index (χ3v) is 6.42. The normalized spacial score (nSPS) is 15.6. The van der Waals surface area contributed by atoms with Crippen molar-refractivity contribution in [1.29, 1.82) is 0 Å². The van der Waals surface area contributed by atoms with Gasteiger partial charge in [0.05, 0.1) is 0 Å². The predicted octanol–water partition coefficient (Wildman–Crippen LogP) is 5.10. The molecule has 2 N–H and O–H groups in total. The lowest BCUT2D eigenvalue weighted by Gasteiger charge is -2.35. The number of aromatic amines is 1. The first-order chi connectivity index (χ1) is 15.8. The summed E-state index contributed by atoms with van der Waals surface area (Å²) in [7, 11) is 0. The molecule has 0 saturated heterocycles. The van der Waals surface area contributed by atoms with E-state index in [2.05, 4.69) is 71.0 Å². The van der Waals surface area contributed by atoms with E-state index in [4.69, 9.17) is 0 Å². The average Bonchev–Trinajstić information content (AvgIpc) is 3.26. The van der Waals surface area contributed by atoms with Crippen LogP contribution < -0.4 is 10.2 Å². The molecule has 5 rings (SSSR count). The lowest BCUT2D eigenvalue weighted by Crippen LogP contribution is -2.43. The van der Waals surface area contributed by atoms with Crippen molar-refractivity contribution in [3.63, 3.8) is 0 Å². The predicted molar refractivity (Wildman–Crippen MR) is 131 cm³/mol. The van der Waals surface area contributed by atoms with Gasteiger partial charge in [0.25, 0.3) is 0 Å². The van der Waals surface area contributed by atoms with E-state index in [0.29, 0.717) is 12.3 Å². The third kappa shape index (κ3) is 4.46. The van der Waals surface area contributed by atoms with Gasteiger partial charge in [0, 0.05) is 48.8 Å². The summed E-state index contributed by atoms with van der Waals surface area (Å²) >= 11 is 0. The Balaban J connectivity index is 1.25. The quantitative estimate of drug-likeness (QED) is 0.435. The summed E-state index contributed by atoms with van der Waals surface area (Å²) in [6, 6.07) is 27.1. The van der Waals surface area contributed by atoms with Gasteiger partial charge in [-0.1, -0.05) is 66.7 Å². The largest absolute Gasteiger partial charge is 0.361 e. The number of carbonyl (C=O) groups is 1. The van der Waals surface area contributed by atoms with Gasteiger partial charge in [-0.05, 0) is 47.6 Å². The Morgan fingerprint density at radius 3 is 2.66 bits per heavy atom. The van der Waals surface area contributed by atoms with E-state index in [0.717, 1.165) is 43.7 Å². The number of benzene rings is 3. The molecule has 4 nitrogen and oxygen atoms in total. The van der Waals surface area contributed by atoms with Crippen LogP contribution in [0.4, 0.5) is 5.69 Å². The van der Waals surface area contributed by atoms with Gasteiger partial charge in [0.2, 0.25) is 5.91 Å². The number of aryl methyl sites for hydroxylation is 1. The van der Waals surface area contributed by atoms with Gasteiger partial charge in [0.15, 0.2) is 0 Å². The number of fused-ring (bicyclic) bond motifs is 2. The van der Waals surface area contributed by atoms with Crippen molar-refractivity contribution in [2.24, 2.45) is 5.92 Å². The van der Waals surface area contributed by atoms with E-state index in [1.54, 1.807) is 0 Å². The van der Waals surface area contributed by atoms with Crippen molar-refractivity contribution < 1.29 is 4.79 Å². The number of nitrogens with zero attached hydrogens (tertiary/aromatic N) is 1. The van der Waals surface area contributed by atoms with Crippen LogP contribution in [0.3, 0.4) is 0 Å². The maximum atomic E-state index is 13.3. The molecule has 0 spiro atoms. The highest BCUT2D eigenvalue weighted by molar-refractivity contribution is 5.95. The molecule has 0 radical (unpaired) electrons. The Hall–Kier alpha value is -3.37. The number of nitrogens with one attached hydrogen (secondary N) is 2. The summed E-state index contributed by atoms with van der Waals surface area (Å²) in [5.41, 5.74) is 5.97. The summed E-state index contributed by atoms with van der Waals surface area (Å²) in [6.45, 7) is 2.52. The molecule has 1 amide bonds. The molecule has 162 valence electrons. The second kappa shape index (κ2) is 9.41. The number of anilines is 1. The molecule has 2 heterocycles. The highest BCUT2D eigenvalue weighted by atomic mass is 16.2. The summed E-state index contributed by atoms with van der Waals surface area (Å²) in [6.07, 6.45) is 4.31. The van der Waals surface area contributed by atoms with Crippen LogP contribution in [-0.2, 0) is 24.2 Å². The fourth-order valence-corrected chi connectivity index (χ4v) is 4.78. The number of H-pyrrole nitrogens is 1. The fourth-order valence-electron chi connectivity index (χ4n) is 4.78. The number of hydrogen-bond donors (Lipinski definition) is 2. The van der Waals surface area contributed by atoms with Crippen LogP contribution in [0.5, 0.6) is 0 Å². The van der Waals surface area contributed by atoms with Crippen LogP contribution in [0, 0.1) is 5.92 Å². The Morgan fingerprint density at radius 2 is 1.75 bits per heavy atom. The van der Waals surface area contributed by atoms with Crippen LogP contribution in [0.15, 0.2) is 85.1 Å². The zero-order chi connectivity index (χ0) is 21.8. The molecule has 0 saturated carbocycles. The number of rotatable bonds is 7. The zero-order valence-corrected chi connectivity index (χ0v) is 18.3. The van der Waals surface area contributed by atoms with Gasteiger partial charge in [0.1, 0.15) is 0 Å². The van der Waals surface area contributed by atoms with Crippen LogP contribution in [-0.4, -0.2) is 24.0 Å². The molecule has 1 aliphatic heterocycles. The van der Waals surface area contributed by atoms with Crippen molar-refractivity contribution in [3.05, 3.63) is 102 Å². The van der Waals surface area contributed by atoms with Gasteiger partial charge < -0.3 is 15.2 Å². The molecule has 1 aromatic heterocycles. The van der Waals surface area contributed by atoms with E-state index in [1.165, 1.54) is 22.1 Å². The van der Waals surface area contributed by atoms with Crippen LogP contribution in [0.2, 0.25) is 0 Å². The van der Waals surface area contributed by atoms with Gasteiger partial charge in [-0.3, -0.25) is 4.79 Å². The topological polar surface area (TPSA) is 48.1 Å². The minimum absolute atomic E-state index is 0.204. The highest BCUT2D eigenvalue weighted by Gasteiger charge is 2.28. The van der Waals surface area contributed by atoms with Crippen molar-refractivity contribution in [2.75, 3.05) is 18.0 Å². The Morgan fingerprint density at radius 1 is 0.969 bits per heavy atom. The Bertz CT molecular complexity index is 1200. The standard InChI is InChI=1S/C28H29N3O/c32-28(15-14-24-19-30-26-12-6-5-11-25(24)26)31-20-22(16-23-10-4-7-13-27(23)31)18-29-17-21-8-2-1-3-9-21/h1-13,19,22,29-30H,14-18,20H2. The first-order valence-corrected chi connectivity index (χ1v) is 11.5. The number of para-hydroxylation sites is 2. The average molecular weight is 424 g/mol. The summed E-state index contributed by atoms with van der Waals surface area (Å²) < 4.78 is 0. The monoisotopic (exact) mass is 423 g/mol. The number of carbonyl (C=O) groups excluding carboxylic acids is 1. The minimum Gasteiger partial charge on any atom is -0.361 e. The lowest BCUT2D eigenvalue weighted by molar-refractivity contribution is -0.118. The molecule has 1 atom stereocenters. The number of hydrogen-bond acceptors (Lipinski definition) is 2. The Labute approximate surface area is 189 Å². The van der Waals surface area contributed by atoms with Crippen molar-refractivity contribution in [3.8, 4) is 0 Å². The van der Waals surface area contributed by atoms with E-state index in [9.17, 15) is 4.79 Å².